The first kappa shape index (κ1) is 18.2. The molecule has 4 rings (SSSR count). The highest BCUT2D eigenvalue weighted by molar-refractivity contribution is 5.78. The molecule has 0 radical (unpaired) electrons. The number of benzene rings is 1. The molecule has 1 aliphatic heterocycles. The summed E-state index contributed by atoms with van der Waals surface area (Å²) >= 11 is 0. The van der Waals surface area contributed by atoms with Crippen LogP contribution in [-0.2, 0) is 11.8 Å². The fourth-order valence-corrected chi connectivity index (χ4v) is 3.97. The van der Waals surface area contributed by atoms with E-state index in [1.54, 1.807) is 0 Å². The monoisotopic (exact) mass is 367 g/mol. The second-order valence-electron chi connectivity index (χ2n) is 7.88. The van der Waals surface area contributed by atoms with Crippen molar-refractivity contribution in [3.05, 3.63) is 53.6 Å². The van der Waals surface area contributed by atoms with E-state index < -0.39 is 0 Å². The summed E-state index contributed by atoms with van der Waals surface area (Å²) in [5.41, 5.74) is 2.47. The van der Waals surface area contributed by atoms with Gasteiger partial charge in [0.1, 0.15) is 5.82 Å². The number of nitrogens with zero attached hydrogens (tertiary/aromatic N) is 3. The van der Waals surface area contributed by atoms with Gasteiger partial charge in [-0.3, -0.25) is 9.69 Å². The lowest BCUT2D eigenvalue weighted by atomic mass is 10.0. The second kappa shape index (κ2) is 7.82. The summed E-state index contributed by atoms with van der Waals surface area (Å²) in [5, 5.41) is 6.74. The Morgan fingerprint density at radius 3 is 2.78 bits per heavy atom. The Bertz CT molecular complexity index is 780. The molecule has 6 heteroatoms. The van der Waals surface area contributed by atoms with E-state index in [0.29, 0.717) is 12.5 Å². The molecule has 2 unspecified atom stereocenters. The smallest absolute Gasteiger partial charge is 0.234 e. The van der Waals surface area contributed by atoms with Gasteiger partial charge in [0.05, 0.1) is 18.6 Å². The third kappa shape index (κ3) is 4.22. The first-order chi connectivity index (χ1) is 13.1. The van der Waals surface area contributed by atoms with Crippen molar-refractivity contribution in [1.29, 1.82) is 0 Å². The van der Waals surface area contributed by atoms with Gasteiger partial charge in [-0.15, -0.1) is 0 Å². The summed E-state index contributed by atoms with van der Waals surface area (Å²) in [5.74, 6) is 1.69. The maximum atomic E-state index is 12.9. The van der Waals surface area contributed by atoms with Gasteiger partial charge < -0.3 is 15.2 Å². The molecule has 1 saturated heterocycles. The highest BCUT2D eigenvalue weighted by atomic mass is 16.2. The van der Waals surface area contributed by atoms with Gasteiger partial charge in [0.2, 0.25) is 5.91 Å². The maximum absolute atomic E-state index is 12.9. The van der Waals surface area contributed by atoms with Crippen LogP contribution >= 0.6 is 0 Å². The lowest BCUT2D eigenvalue weighted by Crippen LogP contribution is -2.50. The number of aryl methyl sites for hydroxylation is 2. The molecule has 2 aliphatic rings. The zero-order chi connectivity index (χ0) is 18.8. The summed E-state index contributed by atoms with van der Waals surface area (Å²) in [6.07, 6.45) is 6.18. The Kier molecular flexibility index (Phi) is 5.27. The van der Waals surface area contributed by atoms with Crippen molar-refractivity contribution in [2.45, 2.75) is 31.8 Å². The molecule has 27 heavy (non-hydrogen) atoms. The number of piperazine rings is 1. The van der Waals surface area contributed by atoms with Crippen LogP contribution in [0.4, 0.5) is 0 Å². The van der Waals surface area contributed by atoms with E-state index in [2.05, 4.69) is 51.7 Å². The number of hydrogen-bond donors (Lipinski definition) is 2. The Labute approximate surface area is 161 Å². The van der Waals surface area contributed by atoms with Crippen molar-refractivity contribution < 1.29 is 4.79 Å². The topological polar surface area (TPSA) is 62.2 Å². The zero-order valence-corrected chi connectivity index (χ0v) is 16.2. The van der Waals surface area contributed by atoms with Crippen LogP contribution in [-0.4, -0.2) is 46.5 Å². The van der Waals surface area contributed by atoms with Crippen molar-refractivity contribution >= 4 is 5.91 Å². The van der Waals surface area contributed by atoms with Crippen molar-refractivity contribution in [1.82, 2.24) is 25.1 Å². The van der Waals surface area contributed by atoms with E-state index >= 15 is 0 Å². The molecule has 2 heterocycles. The van der Waals surface area contributed by atoms with E-state index in [1.165, 1.54) is 24.0 Å². The highest BCUT2D eigenvalue weighted by Gasteiger charge is 2.34. The maximum Gasteiger partial charge on any atom is 0.234 e. The largest absolute Gasteiger partial charge is 0.348 e. The second-order valence-corrected chi connectivity index (χ2v) is 7.88. The standard InChI is InChI=1S/C21H29N5O/c1-15-3-5-16(6-4-15)20(17-7-8-17)24-19(27)14-26-12-9-22-13-18(26)21-23-10-11-25(21)2/h3-6,10-11,17-18,20,22H,7-9,12-14H2,1-2H3,(H,24,27). The third-order valence-electron chi connectivity index (χ3n) is 5.70. The van der Waals surface area contributed by atoms with Crippen LogP contribution in [0.1, 0.15) is 41.9 Å². The molecule has 1 aromatic heterocycles. The molecule has 1 amide bonds. The molecule has 144 valence electrons. The lowest BCUT2D eigenvalue weighted by molar-refractivity contribution is -0.124. The van der Waals surface area contributed by atoms with Crippen LogP contribution < -0.4 is 10.6 Å². The Hall–Kier alpha value is -2.18. The predicted octanol–water partition coefficient (Wildman–Crippen LogP) is 1.94. The van der Waals surface area contributed by atoms with Crippen LogP contribution in [0.25, 0.3) is 0 Å². The Balaban J connectivity index is 1.44. The van der Waals surface area contributed by atoms with Crippen LogP contribution in [0.15, 0.2) is 36.7 Å². The average molecular weight is 367 g/mol. The molecule has 1 aliphatic carbocycles. The summed E-state index contributed by atoms with van der Waals surface area (Å²) in [7, 11) is 2.01. The van der Waals surface area contributed by atoms with E-state index in [9.17, 15) is 4.79 Å². The van der Waals surface area contributed by atoms with Gasteiger partial charge in [0.25, 0.3) is 0 Å². The molecule has 0 bridgehead atoms. The molecule has 6 nitrogen and oxygen atoms in total. The number of carbonyl (C=O) groups excluding carboxylic acids is 1. The fourth-order valence-electron chi connectivity index (χ4n) is 3.97. The van der Waals surface area contributed by atoms with Gasteiger partial charge in [-0.1, -0.05) is 29.8 Å². The minimum absolute atomic E-state index is 0.105. The van der Waals surface area contributed by atoms with Crippen LogP contribution in [0.2, 0.25) is 0 Å². The quantitative estimate of drug-likeness (QED) is 0.819. The van der Waals surface area contributed by atoms with Gasteiger partial charge >= 0.3 is 0 Å². The molecule has 0 spiro atoms. The van der Waals surface area contributed by atoms with E-state index in [-0.39, 0.29) is 18.0 Å². The van der Waals surface area contributed by atoms with Crippen LogP contribution in [0.5, 0.6) is 0 Å². The van der Waals surface area contributed by atoms with Crippen molar-refractivity contribution in [3.8, 4) is 0 Å². The average Bonchev–Trinajstić information content (AvgIpc) is 3.42. The summed E-state index contributed by atoms with van der Waals surface area (Å²) in [6.45, 7) is 5.08. The van der Waals surface area contributed by atoms with Crippen molar-refractivity contribution in [2.24, 2.45) is 13.0 Å². The molecule has 2 fully saturated rings. The van der Waals surface area contributed by atoms with E-state index in [1.807, 2.05) is 24.0 Å². The molecule has 1 saturated carbocycles. The zero-order valence-electron chi connectivity index (χ0n) is 16.2. The first-order valence-corrected chi connectivity index (χ1v) is 9.90. The SMILES string of the molecule is Cc1ccc(C(NC(=O)CN2CCNCC2c2nccn2C)C2CC2)cc1. The number of aromatic nitrogens is 2. The van der Waals surface area contributed by atoms with Gasteiger partial charge in [0, 0.05) is 39.1 Å². The Morgan fingerprint density at radius 2 is 2.11 bits per heavy atom. The summed E-state index contributed by atoms with van der Waals surface area (Å²) < 4.78 is 2.04. The van der Waals surface area contributed by atoms with Gasteiger partial charge in [-0.05, 0) is 31.2 Å². The number of imidazole rings is 1. The van der Waals surface area contributed by atoms with Crippen LogP contribution in [0.3, 0.4) is 0 Å². The number of amides is 1. The molecule has 2 atom stereocenters. The minimum Gasteiger partial charge on any atom is -0.348 e. The number of carbonyl (C=O) groups is 1. The third-order valence-corrected chi connectivity index (χ3v) is 5.70. The lowest BCUT2D eigenvalue weighted by Gasteiger charge is -2.35. The Morgan fingerprint density at radius 1 is 1.33 bits per heavy atom. The molecule has 1 aromatic carbocycles. The number of hydrogen-bond acceptors (Lipinski definition) is 4. The molecule has 2 N–H and O–H groups in total. The van der Waals surface area contributed by atoms with Gasteiger partial charge in [0.15, 0.2) is 0 Å². The minimum atomic E-state index is 0.105. The first-order valence-electron chi connectivity index (χ1n) is 9.90. The van der Waals surface area contributed by atoms with Crippen molar-refractivity contribution in [3.63, 3.8) is 0 Å². The van der Waals surface area contributed by atoms with Gasteiger partial charge in [-0.2, -0.15) is 0 Å². The van der Waals surface area contributed by atoms with Gasteiger partial charge in [-0.25, -0.2) is 4.98 Å². The predicted molar refractivity (Wildman–Crippen MR) is 105 cm³/mol. The molecular weight excluding hydrogens is 338 g/mol. The van der Waals surface area contributed by atoms with Crippen molar-refractivity contribution in [2.75, 3.05) is 26.2 Å². The number of rotatable bonds is 6. The van der Waals surface area contributed by atoms with Crippen LogP contribution in [0, 0.1) is 12.8 Å². The van der Waals surface area contributed by atoms with E-state index in [4.69, 9.17) is 0 Å². The summed E-state index contributed by atoms with van der Waals surface area (Å²) in [4.78, 5) is 19.6. The normalized spacial score (nSPS) is 21.8. The number of nitrogens with one attached hydrogen (secondary N) is 2. The highest BCUT2D eigenvalue weighted by Crippen LogP contribution is 2.41. The molecule has 2 aromatic rings. The summed E-state index contributed by atoms with van der Waals surface area (Å²) in [6, 6.07) is 8.82. The van der Waals surface area contributed by atoms with E-state index in [0.717, 1.165) is 25.5 Å². The molecular formula is C21H29N5O. The fraction of sp³-hybridized carbons (Fsp3) is 0.524.